The molecule has 0 bridgehead atoms. The average molecular weight is 321 g/mol. The van der Waals surface area contributed by atoms with Gasteiger partial charge in [0.25, 0.3) is 8.32 Å². The van der Waals surface area contributed by atoms with Gasteiger partial charge >= 0.3 is 0 Å². The zero-order valence-electron chi connectivity index (χ0n) is 13.0. The van der Waals surface area contributed by atoms with E-state index >= 15 is 0 Å². The molecule has 0 aliphatic carbocycles. The molecule has 0 N–H and O–H groups in total. The fourth-order valence-corrected chi connectivity index (χ4v) is 9.15. The number of rotatable bonds is 4. The molecule has 3 heteroatoms. The smallest absolute Gasteiger partial charge is 0.277 e. The Labute approximate surface area is 136 Å². The van der Waals surface area contributed by atoms with Crippen LogP contribution in [0.3, 0.4) is 0 Å². The molecule has 0 aliphatic rings. The van der Waals surface area contributed by atoms with Crippen molar-refractivity contribution < 1.29 is 4.12 Å². The number of benzene rings is 3. The quantitative estimate of drug-likeness (QED) is 0.519. The van der Waals surface area contributed by atoms with Gasteiger partial charge in [0.1, 0.15) is 10.5 Å². The summed E-state index contributed by atoms with van der Waals surface area (Å²) in [6.07, 6.45) is 0. The van der Waals surface area contributed by atoms with Gasteiger partial charge in [0.05, 0.1) is 0 Å². The van der Waals surface area contributed by atoms with Crippen LogP contribution < -0.4 is 15.6 Å². The lowest BCUT2D eigenvalue weighted by Gasteiger charge is -2.33. The van der Waals surface area contributed by atoms with Crippen molar-refractivity contribution in [3.05, 3.63) is 90.5 Å². The second kappa shape index (κ2) is 6.44. The first-order valence-electron chi connectivity index (χ1n) is 7.51. The van der Waals surface area contributed by atoms with Crippen LogP contribution in [0, 0.1) is 6.92 Å². The van der Waals surface area contributed by atoms with E-state index in [9.17, 15) is 0 Å². The van der Waals surface area contributed by atoms with E-state index in [0.717, 1.165) is 0 Å². The Balaban J connectivity index is 2.34. The van der Waals surface area contributed by atoms with Crippen LogP contribution >= 0.6 is 0 Å². The number of hydrogen-bond acceptors (Lipinski definition) is 1. The lowest BCUT2D eigenvalue weighted by Crippen LogP contribution is -2.69. The predicted molar refractivity (Wildman–Crippen MR) is 99.7 cm³/mol. The number of hydrogen-bond donors (Lipinski definition) is 0. The molecule has 0 unspecified atom stereocenters. The summed E-state index contributed by atoms with van der Waals surface area (Å²) in [5.41, 5.74) is 1.30. The minimum atomic E-state index is -2.38. The first kappa shape index (κ1) is 15.0. The van der Waals surface area contributed by atoms with E-state index in [1.807, 2.05) is 0 Å². The molecule has 0 radical (unpaired) electrons. The summed E-state index contributed by atoms with van der Waals surface area (Å²) in [4.78, 5) is 0. The van der Waals surface area contributed by atoms with E-state index < -0.39 is 8.32 Å². The minimum Gasteiger partial charge on any atom is -0.454 e. The normalized spacial score (nSPS) is 11.5. The first-order chi connectivity index (χ1) is 10.8. The van der Waals surface area contributed by atoms with Gasteiger partial charge in [-0.3, -0.25) is 0 Å². The van der Waals surface area contributed by atoms with Crippen LogP contribution in [0.2, 0.25) is 0 Å². The second-order valence-corrected chi connectivity index (χ2v) is 10.1. The van der Waals surface area contributed by atoms with Gasteiger partial charge in [-0.25, -0.2) is 0 Å². The highest BCUT2D eigenvalue weighted by atomic mass is 28.4. The van der Waals surface area contributed by atoms with Crippen LogP contribution in [0.4, 0.5) is 0 Å². The van der Waals surface area contributed by atoms with Gasteiger partial charge in [0.15, 0.2) is 0 Å². The molecule has 3 rings (SSSR count). The van der Waals surface area contributed by atoms with Gasteiger partial charge in [-0.2, -0.15) is 0 Å². The van der Waals surface area contributed by atoms with Gasteiger partial charge < -0.3 is 4.12 Å². The number of aryl methyl sites for hydroxylation is 1. The van der Waals surface area contributed by atoms with E-state index in [0.29, 0.717) is 10.5 Å². The van der Waals surface area contributed by atoms with Crippen molar-refractivity contribution in [1.82, 2.24) is 0 Å². The maximum Gasteiger partial charge on any atom is 0.277 e. The molecule has 0 aromatic heterocycles. The first-order valence-corrected chi connectivity index (χ1v) is 10.2. The summed E-state index contributed by atoms with van der Waals surface area (Å²) in [6.45, 7) is 2.18. The molecular formula is C19H20OSi2. The topological polar surface area (TPSA) is 9.23 Å². The summed E-state index contributed by atoms with van der Waals surface area (Å²) in [7, 11) is -1.67. The SMILES string of the molecule is Cc1ccccc1[Si](O[SiH3])(c1ccccc1)c1ccccc1. The fraction of sp³-hybridized carbons (Fsp3) is 0.0526. The molecule has 0 fully saturated rings. The predicted octanol–water partition coefficient (Wildman–Crippen LogP) is 1.26. The average Bonchev–Trinajstić information content (AvgIpc) is 2.59. The molecule has 0 heterocycles. The van der Waals surface area contributed by atoms with Gasteiger partial charge in [-0.1, -0.05) is 84.9 Å². The molecule has 0 atom stereocenters. The third-order valence-electron chi connectivity index (χ3n) is 4.19. The fourth-order valence-electron chi connectivity index (χ4n) is 3.14. The zero-order valence-corrected chi connectivity index (χ0v) is 16.0. The zero-order chi connectivity index (χ0) is 15.4. The van der Waals surface area contributed by atoms with Crippen molar-refractivity contribution in [1.29, 1.82) is 0 Å². The molecule has 0 spiro atoms. The van der Waals surface area contributed by atoms with Crippen molar-refractivity contribution in [2.24, 2.45) is 0 Å². The van der Waals surface area contributed by atoms with E-state index in [2.05, 4.69) is 91.9 Å². The third-order valence-corrected chi connectivity index (χ3v) is 10.3. The maximum absolute atomic E-state index is 6.45. The van der Waals surface area contributed by atoms with Gasteiger partial charge in [0, 0.05) is 0 Å². The molecular weight excluding hydrogens is 300 g/mol. The molecule has 0 aliphatic heterocycles. The van der Waals surface area contributed by atoms with Crippen molar-refractivity contribution >= 4 is 34.4 Å². The van der Waals surface area contributed by atoms with Crippen molar-refractivity contribution in [3.63, 3.8) is 0 Å². The minimum absolute atomic E-state index is 0.710. The Morgan fingerprint density at radius 3 is 1.59 bits per heavy atom. The van der Waals surface area contributed by atoms with E-state index in [1.165, 1.54) is 21.1 Å². The summed E-state index contributed by atoms with van der Waals surface area (Å²) < 4.78 is 6.45. The Hall–Kier alpha value is -1.95. The third kappa shape index (κ3) is 2.48. The van der Waals surface area contributed by atoms with E-state index in [-0.39, 0.29) is 0 Å². The maximum atomic E-state index is 6.45. The molecule has 1 nitrogen and oxygen atoms in total. The lowest BCUT2D eigenvalue weighted by atomic mass is 10.2. The van der Waals surface area contributed by atoms with Crippen LogP contribution in [0.1, 0.15) is 5.56 Å². The highest BCUT2D eigenvalue weighted by Gasteiger charge is 2.41. The van der Waals surface area contributed by atoms with Crippen molar-refractivity contribution in [3.8, 4) is 0 Å². The van der Waals surface area contributed by atoms with Crippen LogP contribution in [-0.2, 0) is 4.12 Å². The molecule has 22 heavy (non-hydrogen) atoms. The van der Waals surface area contributed by atoms with Crippen molar-refractivity contribution in [2.45, 2.75) is 6.92 Å². The van der Waals surface area contributed by atoms with Crippen molar-refractivity contribution in [2.75, 3.05) is 0 Å². The standard InChI is InChI=1S/C19H20OSi2/c1-16-10-8-9-15-19(16)22(20-21,17-11-4-2-5-12-17)18-13-6-3-7-14-18/h2-15H,1,21H3. The molecule has 0 saturated carbocycles. The molecule has 0 saturated heterocycles. The van der Waals surface area contributed by atoms with Crippen LogP contribution in [0.15, 0.2) is 84.9 Å². The van der Waals surface area contributed by atoms with E-state index in [4.69, 9.17) is 4.12 Å². The largest absolute Gasteiger partial charge is 0.454 e. The summed E-state index contributed by atoms with van der Waals surface area (Å²) >= 11 is 0. The van der Waals surface area contributed by atoms with Gasteiger partial charge in [-0.05, 0) is 28.0 Å². The monoisotopic (exact) mass is 320 g/mol. The van der Waals surface area contributed by atoms with Crippen LogP contribution in [0.5, 0.6) is 0 Å². The highest BCUT2D eigenvalue weighted by molar-refractivity contribution is 7.08. The lowest BCUT2D eigenvalue weighted by molar-refractivity contribution is 0.643. The Bertz CT molecular complexity index is 702. The summed E-state index contributed by atoms with van der Waals surface area (Å²) in [5.74, 6) is 0. The van der Waals surface area contributed by atoms with Crippen LogP contribution in [0.25, 0.3) is 0 Å². The summed E-state index contributed by atoms with van der Waals surface area (Å²) in [6, 6.07) is 30.1. The summed E-state index contributed by atoms with van der Waals surface area (Å²) in [5, 5.41) is 3.97. The van der Waals surface area contributed by atoms with Crippen LogP contribution in [-0.4, -0.2) is 18.8 Å². The molecule has 3 aromatic carbocycles. The van der Waals surface area contributed by atoms with Gasteiger partial charge in [-0.15, -0.1) is 0 Å². The second-order valence-electron chi connectivity index (χ2n) is 5.43. The highest BCUT2D eigenvalue weighted by Crippen LogP contribution is 2.10. The Morgan fingerprint density at radius 1 is 0.682 bits per heavy atom. The Morgan fingerprint density at radius 2 is 1.14 bits per heavy atom. The molecule has 110 valence electrons. The van der Waals surface area contributed by atoms with E-state index in [1.54, 1.807) is 0 Å². The van der Waals surface area contributed by atoms with Gasteiger partial charge in [0.2, 0.25) is 0 Å². The molecule has 3 aromatic rings. The molecule has 0 amide bonds. The Kier molecular flexibility index (Phi) is 4.38.